The lowest BCUT2D eigenvalue weighted by Gasteiger charge is -2.40. The number of nitrogens with one attached hydrogen (secondary N) is 1. The van der Waals surface area contributed by atoms with Gasteiger partial charge in [-0.15, -0.1) is 0 Å². The van der Waals surface area contributed by atoms with Crippen LogP contribution >= 0.6 is 0 Å². The molecule has 0 radical (unpaired) electrons. The molecule has 1 saturated heterocycles. The van der Waals surface area contributed by atoms with Crippen LogP contribution in [0.25, 0.3) is 11.1 Å². The van der Waals surface area contributed by atoms with Crippen molar-refractivity contribution in [1.29, 1.82) is 0 Å². The van der Waals surface area contributed by atoms with Crippen molar-refractivity contribution in [1.82, 2.24) is 9.80 Å². The van der Waals surface area contributed by atoms with Crippen molar-refractivity contribution in [2.24, 2.45) is 0 Å². The third kappa shape index (κ3) is 8.60. The molecule has 0 aromatic heterocycles. The third-order valence-electron chi connectivity index (χ3n) is 6.26. The van der Waals surface area contributed by atoms with E-state index in [0.717, 1.165) is 18.1 Å². The molecule has 0 aliphatic carbocycles. The molecule has 1 atom stereocenters. The van der Waals surface area contributed by atoms with E-state index >= 15 is 0 Å². The van der Waals surface area contributed by atoms with Crippen molar-refractivity contribution < 1.29 is 51.0 Å². The number of alkyl halides is 3. The highest BCUT2D eigenvalue weighted by Gasteiger charge is 2.40. The summed E-state index contributed by atoms with van der Waals surface area (Å²) in [5, 5.41) is 2.44. The van der Waals surface area contributed by atoms with Gasteiger partial charge in [0.05, 0.1) is 30.5 Å². The minimum Gasteiger partial charge on any atom is -0.467 e. The lowest BCUT2D eigenvalue weighted by atomic mass is 9.98. The minimum atomic E-state index is -4.76. The number of ether oxygens (including phenoxy) is 3. The zero-order chi connectivity index (χ0) is 33.2. The second-order valence-corrected chi connectivity index (χ2v) is 12.0. The summed E-state index contributed by atoms with van der Waals surface area (Å²) in [6.07, 6.45) is -6.42. The van der Waals surface area contributed by atoms with Crippen molar-refractivity contribution in [3.63, 3.8) is 0 Å². The van der Waals surface area contributed by atoms with E-state index in [2.05, 4.69) is 5.32 Å². The van der Waals surface area contributed by atoms with Crippen LogP contribution < -0.4 is 5.32 Å². The van der Waals surface area contributed by atoms with Gasteiger partial charge in [0.15, 0.2) is 0 Å². The van der Waals surface area contributed by atoms with E-state index in [1.807, 2.05) is 0 Å². The zero-order valence-corrected chi connectivity index (χ0v) is 25.4. The van der Waals surface area contributed by atoms with Gasteiger partial charge in [0.25, 0.3) is 5.91 Å². The molecule has 0 saturated carbocycles. The van der Waals surface area contributed by atoms with Crippen molar-refractivity contribution in [3.05, 3.63) is 53.3 Å². The first-order valence-electron chi connectivity index (χ1n) is 13.6. The Labute approximate surface area is 252 Å². The van der Waals surface area contributed by atoms with E-state index in [0.29, 0.717) is 18.2 Å². The van der Waals surface area contributed by atoms with Gasteiger partial charge in [0, 0.05) is 18.7 Å². The summed E-state index contributed by atoms with van der Waals surface area (Å²) in [6.45, 7) is 9.35. The highest BCUT2D eigenvalue weighted by atomic mass is 19.4. The number of hydrogen-bond acceptors (Lipinski definition) is 7. The minimum absolute atomic E-state index is 0.0368. The van der Waals surface area contributed by atoms with Crippen LogP contribution in [-0.2, 0) is 25.2 Å². The molecular formula is C30H35F4N3O7. The molecule has 14 heteroatoms. The number of benzene rings is 2. The summed E-state index contributed by atoms with van der Waals surface area (Å²) in [4.78, 5) is 54.5. The average Bonchev–Trinajstić information content (AvgIpc) is 2.89. The van der Waals surface area contributed by atoms with E-state index in [-0.39, 0.29) is 36.4 Å². The second-order valence-electron chi connectivity index (χ2n) is 12.0. The lowest BCUT2D eigenvalue weighted by molar-refractivity contribution is -0.148. The van der Waals surface area contributed by atoms with E-state index < -0.39 is 64.4 Å². The molecule has 1 heterocycles. The number of rotatable bonds is 4. The molecule has 2 aromatic carbocycles. The fraction of sp³-hybridized carbons (Fsp3) is 0.467. The van der Waals surface area contributed by atoms with E-state index in [1.165, 1.54) is 17.0 Å². The van der Waals surface area contributed by atoms with Crippen LogP contribution in [0.5, 0.6) is 0 Å². The number of methoxy groups -OCH3 is 1. The van der Waals surface area contributed by atoms with Crippen molar-refractivity contribution in [2.75, 3.05) is 32.1 Å². The van der Waals surface area contributed by atoms with Gasteiger partial charge in [0.2, 0.25) is 0 Å². The number of nitrogens with zero attached hydrogens (tertiary/aromatic N) is 2. The standard InChI is InChI=1S/C30H35F4N3O7/c1-28(2,3)43-26(40)35-22-11-8-17(19-15-18(30(32,33)34)9-10-21(19)31)14-20(22)24(38)37-13-12-36(16-23(37)25(39)42-7)27(41)44-29(4,5)6/h8-11,14-15,23H,12-13,16H2,1-7H3,(H,35,40)/t23-/m0/s1. The molecule has 240 valence electrons. The van der Waals surface area contributed by atoms with Gasteiger partial charge >= 0.3 is 24.3 Å². The number of esters is 1. The van der Waals surface area contributed by atoms with Crippen LogP contribution in [0.3, 0.4) is 0 Å². The Bertz CT molecular complexity index is 1430. The predicted octanol–water partition coefficient (Wildman–Crippen LogP) is 6.09. The summed E-state index contributed by atoms with van der Waals surface area (Å²) in [6, 6.07) is 4.12. The van der Waals surface area contributed by atoms with Crippen LogP contribution in [0.15, 0.2) is 36.4 Å². The number of amides is 3. The second kappa shape index (κ2) is 12.7. The Morgan fingerprint density at radius 3 is 2.09 bits per heavy atom. The highest BCUT2D eigenvalue weighted by molar-refractivity contribution is 6.05. The van der Waals surface area contributed by atoms with Crippen LogP contribution in [0.2, 0.25) is 0 Å². The molecule has 3 rings (SSSR count). The van der Waals surface area contributed by atoms with Gasteiger partial charge in [-0.25, -0.2) is 18.8 Å². The zero-order valence-electron chi connectivity index (χ0n) is 25.4. The van der Waals surface area contributed by atoms with Crippen molar-refractivity contribution in [2.45, 2.75) is 65.0 Å². The summed E-state index contributed by atoms with van der Waals surface area (Å²) in [5.41, 5.74) is -3.79. The van der Waals surface area contributed by atoms with Crippen LogP contribution in [0.1, 0.15) is 57.5 Å². The number of carbonyl (C=O) groups is 4. The molecule has 1 aliphatic rings. The molecule has 1 N–H and O–H groups in total. The van der Waals surface area contributed by atoms with Crippen molar-refractivity contribution >= 4 is 29.8 Å². The summed E-state index contributed by atoms with van der Waals surface area (Å²) < 4.78 is 70.6. The first-order chi connectivity index (χ1) is 20.2. The predicted molar refractivity (Wildman–Crippen MR) is 151 cm³/mol. The summed E-state index contributed by atoms with van der Waals surface area (Å²) in [7, 11) is 1.10. The Morgan fingerprint density at radius 2 is 1.52 bits per heavy atom. The Hall–Kier alpha value is -4.36. The number of carbonyl (C=O) groups excluding carboxylic acids is 4. The molecule has 10 nitrogen and oxygen atoms in total. The van der Waals surface area contributed by atoms with Crippen LogP contribution in [0.4, 0.5) is 32.8 Å². The van der Waals surface area contributed by atoms with E-state index in [1.54, 1.807) is 41.5 Å². The first-order valence-corrected chi connectivity index (χ1v) is 13.6. The third-order valence-corrected chi connectivity index (χ3v) is 6.26. The van der Waals surface area contributed by atoms with Gasteiger partial charge in [-0.3, -0.25) is 10.1 Å². The molecule has 3 amide bonds. The molecule has 2 aromatic rings. The van der Waals surface area contributed by atoms with Crippen molar-refractivity contribution in [3.8, 4) is 11.1 Å². The molecular weight excluding hydrogens is 590 g/mol. The summed E-state index contributed by atoms with van der Waals surface area (Å²) >= 11 is 0. The molecule has 0 spiro atoms. The van der Waals surface area contributed by atoms with Gasteiger partial charge < -0.3 is 24.0 Å². The highest BCUT2D eigenvalue weighted by Crippen LogP contribution is 2.35. The number of hydrogen-bond donors (Lipinski definition) is 1. The van der Waals surface area contributed by atoms with E-state index in [4.69, 9.17) is 14.2 Å². The number of piperazine rings is 1. The SMILES string of the molecule is COC(=O)[C@@H]1CN(C(=O)OC(C)(C)C)CCN1C(=O)c1cc(-c2cc(C(F)(F)F)ccc2F)ccc1NC(=O)OC(C)(C)C. The fourth-order valence-corrected chi connectivity index (χ4v) is 4.34. The Morgan fingerprint density at radius 1 is 0.886 bits per heavy atom. The van der Waals surface area contributed by atoms with Crippen LogP contribution in [0, 0.1) is 5.82 Å². The monoisotopic (exact) mass is 625 g/mol. The number of anilines is 1. The maximum absolute atomic E-state index is 14.8. The van der Waals surface area contributed by atoms with Crippen LogP contribution in [-0.4, -0.2) is 77.9 Å². The van der Waals surface area contributed by atoms with Gasteiger partial charge in [0.1, 0.15) is 23.1 Å². The molecule has 1 aliphatic heterocycles. The lowest BCUT2D eigenvalue weighted by Crippen LogP contribution is -2.60. The maximum Gasteiger partial charge on any atom is 0.416 e. The topological polar surface area (TPSA) is 114 Å². The van der Waals surface area contributed by atoms with Gasteiger partial charge in [-0.05, 0) is 77.4 Å². The molecule has 0 bridgehead atoms. The molecule has 44 heavy (non-hydrogen) atoms. The smallest absolute Gasteiger partial charge is 0.416 e. The first kappa shape index (κ1) is 34.1. The van der Waals surface area contributed by atoms with E-state index in [9.17, 15) is 36.7 Å². The molecule has 1 fully saturated rings. The maximum atomic E-state index is 14.8. The summed E-state index contributed by atoms with van der Waals surface area (Å²) in [5.74, 6) is -2.68. The quantitative estimate of drug-likeness (QED) is 0.248. The van der Waals surface area contributed by atoms with Gasteiger partial charge in [-0.2, -0.15) is 13.2 Å². The number of halogens is 4. The average molecular weight is 626 g/mol. The largest absolute Gasteiger partial charge is 0.467 e. The normalized spacial score (nSPS) is 15.8. The molecule has 0 unspecified atom stereocenters. The van der Waals surface area contributed by atoms with Gasteiger partial charge in [-0.1, -0.05) is 6.07 Å². The fourth-order valence-electron chi connectivity index (χ4n) is 4.34. The Balaban J connectivity index is 2.08. The Kier molecular flexibility index (Phi) is 9.86.